The maximum Gasteiger partial charge on any atom is 0.270 e. The molecule has 0 N–H and O–H groups in total. The zero-order chi connectivity index (χ0) is 27.3. The van der Waals surface area contributed by atoms with Gasteiger partial charge in [0.25, 0.3) is 11.5 Å². The summed E-state index contributed by atoms with van der Waals surface area (Å²) in [5.41, 5.74) is 1.18. The smallest absolute Gasteiger partial charge is 0.270 e. The molecule has 3 heterocycles. The average molecular weight is 545 g/mol. The van der Waals surface area contributed by atoms with E-state index in [4.69, 9.17) is 17.0 Å². The number of hydrogen-bond acceptors (Lipinski definition) is 7. The summed E-state index contributed by atoms with van der Waals surface area (Å²) < 4.78 is 8.24. The van der Waals surface area contributed by atoms with E-state index in [-0.39, 0.29) is 29.2 Å². The van der Waals surface area contributed by atoms with E-state index in [2.05, 4.69) is 24.8 Å². The zero-order valence-electron chi connectivity index (χ0n) is 23.0. The molecule has 2 aliphatic heterocycles. The summed E-state index contributed by atoms with van der Waals surface area (Å²) in [6, 6.07) is 2.12. The minimum Gasteiger partial charge on any atom is -0.372 e. The molecule has 3 rings (SSSR count). The summed E-state index contributed by atoms with van der Waals surface area (Å²) in [6.45, 7) is 14.6. The van der Waals surface area contributed by atoms with E-state index < -0.39 is 0 Å². The number of ether oxygens (including phenoxy) is 1. The molecule has 0 aliphatic carbocycles. The van der Waals surface area contributed by atoms with Gasteiger partial charge in [0.1, 0.15) is 21.8 Å². The van der Waals surface area contributed by atoms with Gasteiger partial charge < -0.3 is 9.64 Å². The SMILES string of the molecule is CCCCC(CC)CN1C(=O)/C(=C\c2c(C)c(C#N)c(=O)n(CCC)c2N2CC(C)OC(C)C2)SC1=S. The molecular formula is C28H40N4O3S2. The molecule has 0 radical (unpaired) electrons. The van der Waals surface area contributed by atoms with Crippen LogP contribution in [0.1, 0.15) is 83.4 Å². The lowest BCUT2D eigenvalue weighted by molar-refractivity contribution is -0.122. The molecule has 1 amide bonds. The van der Waals surface area contributed by atoms with Gasteiger partial charge in [0, 0.05) is 31.7 Å². The minimum absolute atomic E-state index is 0.00923. The normalized spacial score (nSPS) is 22.1. The van der Waals surface area contributed by atoms with Crippen molar-refractivity contribution in [1.29, 1.82) is 5.26 Å². The van der Waals surface area contributed by atoms with Crippen LogP contribution in [0, 0.1) is 24.2 Å². The number of aromatic nitrogens is 1. The van der Waals surface area contributed by atoms with Crippen LogP contribution in [0.15, 0.2) is 9.70 Å². The first-order valence-corrected chi connectivity index (χ1v) is 14.7. The lowest BCUT2D eigenvalue weighted by atomic mass is 9.99. The number of morpholine rings is 1. The highest BCUT2D eigenvalue weighted by atomic mass is 32.2. The number of nitrogens with zero attached hydrogens (tertiary/aromatic N) is 4. The fourth-order valence-electron chi connectivity index (χ4n) is 5.23. The van der Waals surface area contributed by atoms with Gasteiger partial charge in [0.05, 0.1) is 17.1 Å². The summed E-state index contributed by atoms with van der Waals surface area (Å²) in [4.78, 5) is 31.4. The number of thiocarbonyl (C=S) groups is 1. The van der Waals surface area contributed by atoms with Crippen molar-refractivity contribution >= 4 is 46.1 Å². The number of nitriles is 1. The van der Waals surface area contributed by atoms with Gasteiger partial charge in [-0.05, 0) is 51.2 Å². The van der Waals surface area contributed by atoms with Crippen LogP contribution in [-0.4, -0.2) is 51.5 Å². The van der Waals surface area contributed by atoms with Crippen molar-refractivity contribution in [2.45, 2.75) is 92.4 Å². The third-order valence-corrected chi connectivity index (χ3v) is 8.52. The van der Waals surface area contributed by atoms with Gasteiger partial charge in [0.15, 0.2) is 0 Å². The van der Waals surface area contributed by atoms with Crippen LogP contribution in [0.5, 0.6) is 0 Å². The highest BCUT2D eigenvalue weighted by Gasteiger charge is 2.35. The largest absolute Gasteiger partial charge is 0.372 e. The standard InChI is InChI=1S/C28H40N4O3S2/c1-7-10-11-21(9-3)17-32-27(34)24(37-28(32)36)13-22-20(6)23(14-29)26(33)31(12-8-2)25(22)30-15-18(4)35-19(5)16-30/h13,18-19,21H,7-12,15-17H2,1-6H3/b24-13+. The second-order valence-corrected chi connectivity index (χ2v) is 11.9. The molecule has 202 valence electrons. The molecule has 3 atom stereocenters. The Hall–Kier alpha value is -2.15. The molecule has 1 aromatic rings. The van der Waals surface area contributed by atoms with Gasteiger partial charge in [-0.25, -0.2) is 0 Å². The molecule has 7 nitrogen and oxygen atoms in total. The minimum atomic E-state index is -0.282. The quantitative estimate of drug-likeness (QED) is 0.285. The zero-order valence-corrected chi connectivity index (χ0v) is 24.6. The number of carbonyl (C=O) groups is 1. The van der Waals surface area contributed by atoms with Crippen LogP contribution < -0.4 is 10.5 Å². The Balaban J connectivity index is 2.12. The molecule has 2 fully saturated rings. The molecule has 9 heteroatoms. The summed E-state index contributed by atoms with van der Waals surface area (Å²) in [7, 11) is 0. The summed E-state index contributed by atoms with van der Waals surface area (Å²) in [5.74, 6) is 1.07. The van der Waals surface area contributed by atoms with Crippen molar-refractivity contribution in [3.63, 3.8) is 0 Å². The van der Waals surface area contributed by atoms with E-state index in [1.807, 2.05) is 26.8 Å². The predicted molar refractivity (Wildman–Crippen MR) is 156 cm³/mol. The van der Waals surface area contributed by atoms with Crippen LogP contribution >= 0.6 is 24.0 Å². The van der Waals surface area contributed by atoms with Crippen molar-refractivity contribution in [1.82, 2.24) is 9.47 Å². The molecule has 37 heavy (non-hydrogen) atoms. The van der Waals surface area contributed by atoms with Crippen LogP contribution in [0.25, 0.3) is 6.08 Å². The van der Waals surface area contributed by atoms with E-state index in [0.717, 1.165) is 43.5 Å². The molecule has 1 aromatic heterocycles. The number of thioether (sulfide) groups is 1. The number of carbonyl (C=O) groups excluding carboxylic acids is 1. The van der Waals surface area contributed by atoms with Gasteiger partial charge in [0.2, 0.25) is 0 Å². The first-order chi connectivity index (χ1) is 17.7. The second-order valence-electron chi connectivity index (χ2n) is 10.2. The fourth-order valence-corrected chi connectivity index (χ4v) is 6.49. The summed E-state index contributed by atoms with van der Waals surface area (Å²) >= 11 is 6.95. The monoisotopic (exact) mass is 544 g/mol. The first-order valence-electron chi connectivity index (χ1n) is 13.5. The predicted octanol–water partition coefficient (Wildman–Crippen LogP) is 5.47. The maximum atomic E-state index is 13.6. The van der Waals surface area contributed by atoms with Crippen LogP contribution in [-0.2, 0) is 16.1 Å². The van der Waals surface area contributed by atoms with Gasteiger partial charge in [-0.15, -0.1) is 0 Å². The third-order valence-electron chi connectivity index (χ3n) is 7.15. The lowest BCUT2D eigenvalue weighted by Crippen LogP contribution is -2.48. The molecule has 0 saturated carbocycles. The summed E-state index contributed by atoms with van der Waals surface area (Å²) in [5, 5.41) is 9.88. The molecule has 0 spiro atoms. The van der Waals surface area contributed by atoms with Crippen molar-refractivity contribution in [3.8, 4) is 6.07 Å². The number of rotatable bonds is 10. The van der Waals surface area contributed by atoms with Crippen molar-refractivity contribution in [3.05, 3.63) is 31.9 Å². The lowest BCUT2D eigenvalue weighted by Gasteiger charge is -2.39. The number of anilines is 1. The Bertz CT molecular complexity index is 1140. The number of hydrogen-bond donors (Lipinski definition) is 0. The van der Waals surface area contributed by atoms with E-state index in [0.29, 0.717) is 46.9 Å². The van der Waals surface area contributed by atoms with Gasteiger partial charge in [-0.1, -0.05) is 64.0 Å². The number of pyridine rings is 1. The Morgan fingerprint density at radius 3 is 2.43 bits per heavy atom. The van der Waals surface area contributed by atoms with Crippen LogP contribution in [0.3, 0.4) is 0 Å². The molecule has 3 unspecified atom stereocenters. The van der Waals surface area contributed by atoms with Crippen molar-refractivity contribution in [2.75, 3.05) is 24.5 Å². The molecular weight excluding hydrogens is 504 g/mol. The summed E-state index contributed by atoms with van der Waals surface area (Å²) in [6.07, 6.45) is 6.92. The van der Waals surface area contributed by atoms with Crippen molar-refractivity contribution in [2.24, 2.45) is 5.92 Å². The third kappa shape index (κ3) is 6.47. The number of unbranched alkanes of at least 4 members (excludes halogenated alkanes) is 1. The number of amides is 1. The fraction of sp³-hybridized carbons (Fsp3) is 0.643. The Morgan fingerprint density at radius 1 is 1.19 bits per heavy atom. The van der Waals surface area contributed by atoms with Crippen LogP contribution in [0.4, 0.5) is 5.82 Å². The molecule has 2 saturated heterocycles. The maximum absolute atomic E-state index is 13.6. The van der Waals surface area contributed by atoms with Crippen LogP contribution in [0.2, 0.25) is 0 Å². The topological polar surface area (TPSA) is 78.6 Å². The highest BCUT2D eigenvalue weighted by Crippen LogP contribution is 2.37. The average Bonchev–Trinajstić information content (AvgIpc) is 3.11. The Morgan fingerprint density at radius 2 is 1.86 bits per heavy atom. The van der Waals surface area contributed by atoms with Gasteiger partial charge in [-0.3, -0.25) is 19.1 Å². The van der Waals surface area contributed by atoms with Gasteiger partial charge in [-0.2, -0.15) is 5.26 Å². The van der Waals surface area contributed by atoms with E-state index in [1.165, 1.54) is 11.8 Å². The van der Waals surface area contributed by atoms with E-state index in [9.17, 15) is 14.9 Å². The van der Waals surface area contributed by atoms with E-state index in [1.54, 1.807) is 16.4 Å². The molecule has 0 bridgehead atoms. The van der Waals surface area contributed by atoms with E-state index >= 15 is 0 Å². The highest BCUT2D eigenvalue weighted by molar-refractivity contribution is 8.26. The molecule has 2 aliphatic rings. The van der Waals surface area contributed by atoms with Gasteiger partial charge >= 0.3 is 0 Å². The molecule has 0 aromatic carbocycles. The second kappa shape index (κ2) is 13.1. The first kappa shape index (κ1) is 29.4. The van der Waals surface area contributed by atoms with Crippen molar-refractivity contribution < 1.29 is 9.53 Å². The Kier molecular flexibility index (Phi) is 10.4. The Labute approximate surface area is 230 Å².